The van der Waals surface area contributed by atoms with Crippen LogP contribution in [-0.2, 0) is 0 Å². The molecule has 0 saturated heterocycles. The lowest BCUT2D eigenvalue weighted by Gasteiger charge is -2.26. The number of hydrogen-bond donors (Lipinski definition) is 2. The third-order valence-electron chi connectivity index (χ3n) is 2.66. The lowest BCUT2D eigenvalue weighted by molar-refractivity contribution is 0.394. The Labute approximate surface area is 108 Å². The van der Waals surface area contributed by atoms with E-state index in [-0.39, 0.29) is 11.6 Å². The van der Waals surface area contributed by atoms with E-state index in [0.717, 1.165) is 12.0 Å². The van der Waals surface area contributed by atoms with Gasteiger partial charge in [-0.15, -0.1) is 0 Å². The van der Waals surface area contributed by atoms with Crippen LogP contribution in [0.25, 0.3) is 0 Å². The largest absolute Gasteiger partial charge is 0.495 e. The Balaban J connectivity index is 2.93. The van der Waals surface area contributed by atoms with Crippen LogP contribution in [0.4, 0.5) is 0 Å². The molecule has 0 aliphatic carbocycles. The van der Waals surface area contributed by atoms with Crippen molar-refractivity contribution in [3.63, 3.8) is 0 Å². The Kier molecular flexibility index (Phi) is 4.80. The number of nitrogens with two attached hydrogens (primary N) is 1. The second-order valence-electron chi connectivity index (χ2n) is 4.93. The maximum atomic E-state index is 6.12. The summed E-state index contributed by atoms with van der Waals surface area (Å²) in [5.41, 5.74) is 6.95. The lowest BCUT2D eigenvalue weighted by Crippen LogP contribution is -2.36. The average molecular weight is 257 g/mol. The number of rotatable bonds is 5. The summed E-state index contributed by atoms with van der Waals surface area (Å²) in [7, 11) is 3.54. The number of hydrogen-bond acceptors (Lipinski definition) is 3. The summed E-state index contributed by atoms with van der Waals surface area (Å²) in [5, 5.41) is 3.89. The minimum atomic E-state index is -0.222. The van der Waals surface area contributed by atoms with Gasteiger partial charge in [-0.05, 0) is 45.0 Å². The highest BCUT2D eigenvalue weighted by atomic mass is 35.5. The molecule has 1 rings (SSSR count). The van der Waals surface area contributed by atoms with E-state index in [1.807, 2.05) is 39.1 Å². The van der Waals surface area contributed by atoms with E-state index in [9.17, 15) is 0 Å². The van der Waals surface area contributed by atoms with Crippen molar-refractivity contribution in [1.29, 1.82) is 0 Å². The van der Waals surface area contributed by atoms with Gasteiger partial charge in [0.05, 0.1) is 12.1 Å². The average Bonchev–Trinajstić information content (AvgIpc) is 2.24. The van der Waals surface area contributed by atoms with Crippen LogP contribution in [-0.4, -0.2) is 19.7 Å². The molecule has 1 aromatic carbocycles. The molecule has 0 heterocycles. The first kappa shape index (κ1) is 14.3. The van der Waals surface area contributed by atoms with Gasteiger partial charge in [-0.25, -0.2) is 0 Å². The van der Waals surface area contributed by atoms with Gasteiger partial charge in [-0.1, -0.05) is 17.7 Å². The predicted molar refractivity (Wildman–Crippen MR) is 72.7 cm³/mol. The predicted octanol–water partition coefficient (Wildman–Crippen LogP) is 2.74. The Hall–Kier alpha value is -0.770. The van der Waals surface area contributed by atoms with E-state index < -0.39 is 0 Å². The minimum Gasteiger partial charge on any atom is -0.495 e. The van der Waals surface area contributed by atoms with Gasteiger partial charge in [-0.2, -0.15) is 0 Å². The van der Waals surface area contributed by atoms with Crippen LogP contribution in [0.15, 0.2) is 18.2 Å². The van der Waals surface area contributed by atoms with E-state index in [1.54, 1.807) is 7.11 Å². The number of halogens is 1. The second kappa shape index (κ2) is 5.71. The zero-order valence-electron chi connectivity index (χ0n) is 10.9. The molecule has 0 amide bonds. The molecular formula is C13H21ClN2O. The van der Waals surface area contributed by atoms with E-state index in [4.69, 9.17) is 22.1 Å². The summed E-state index contributed by atoms with van der Waals surface area (Å²) >= 11 is 6.12. The normalized spacial score (nSPS) is 13.5. The molecule has 1 aromatic rings. The molecule has 0 aliphatic rings. The van der Waals surface area contributed by atoms with Gasteiger partial charge in [0.25, 0.3) is 0 Å². The molecule has 3 nitrogen and oxygen atoms in total. The Morgan fingerprint density at radius 1 is 1.47 bits per heavy atom. The standard InChI is InChI=1S/C13H21ClN2O/c1-13(2,15)8-11(16-3)9-5-6-12(17-4)10(14)7-9/h5-7,11,16H,8,15H2,1-4H3. The molecule has 0 fully saturated rings. The zero-order chi connectivity index (χ0) is 13.1. The Bertz CT molecular complexity index is 374. The number of methoxy groups -OCH3 is 1. The first-order chi connectivity index (χ1) is 7.87. The molecule has 4 heteroatoms. The van der Waals surface area contributed by atoms with Crippen LogP contribution in [0.2, 0.25) is 5.02 Å². The first-order valence-corrected chi connectivity index (χ1v) is 6.05. The molecule has 17 heavy (non-hydrogen) atoms. The summed E-state index contributed by atoms with van der Waals surface area (Å²) in [6.45, 7) is 4.03. The smallest absolute Gasteiger partial charge is 0.137 e. The van der Waals surface area contributed by atoms with E-state index >= 15 is 0 Å². The van der Waals surface area contributed by atoms with E-state index in [0.29, 0.717) is 10.8 Å². The van der Waals surface area contributed by atoms with Crippen molar-refractivity contribution in [2.75, 3.05) is 14.2 Å². The van der Waals surface area contributed by atoms with Gasteiger partial charge in [0.15, 0.2) is 0 Å². The SMILES string of the molecule is CNC(CC(C)(C)N)c1ccc(OC)c(Cl)c1. The van der Waals surface area contributed by atoms with Crippen LogP contribution >= 0.6 is 11.6 Å². The molecule has 0 saturated carbocycles. The number of nitrogens with one attached hydrogen (secondary N) is 1. The fourth-order valence-electron chi connectivity index (χ4n) is 1.81. The van der Waals surface area contributed by atoms with Gasteiger partial charge in [0.1, 0.15) is 5.75 Å². The van der Waals surface area contributed by atoms with Crippen LogP contribution in [0, 0.1) is 0 Å². The van der Waals surface area contributed by atoms with Crippen molar-refractivity contribution in [1.82, 2.24) is 5.32 Å². The van der Waals surface area contributed by atoms with Crippen molar-refractivity contribution >= 4 is 11.6 Å². The topological polar surface area (TPSA) is 47.3 Å². The van der Waals surface area contributed by atoms with Crippen molar-refractivity contribution in [2.45, 2.75) is 31.8 Å². The van der Waals surface area contributed by atoms with Crippen molar-refractivity contribution in [2.24, 2.45) is 5.73 Å². The minimum absolute atomic E-state index is 0.193. The van der Waals surface area contributed by atoms with Gasteiger partial charge in [-0.3, -0.25) is 0 Å². The molecule has 0 aromatic heterocycles. The quantitative estimate of drug-likeness (QED) is 0.852. The van der Waals surface area contributed by atoms with Crippen molar-refractivity contribution < 1.29 is 4.74 Å². The van der Waals surface area contributed by atoms with Crippen LogP contribution in [0.1, 0.15) is 31.9 Å². The van der Waals surface area contributed by atoms with Crippen molar-refractivity contribution in [3.05, 3.63) is 28.8 Å². The summed E-state index contributed by atoms with van der Waals surface area (Å²) in [5.74, 6) is 0.692. The van der Waals surface area contributed by atoms with E-state index in [2.05, 4.69) is 5.32 Å². The summed E-state index contributed by atoms with van der Waals surface area (Å²) in [6, 6.07) is 6.01. The first-order valence-electron chi connectivity index (χ1n) is 5.67. The van der Waals surface area contributed by atoms with Gasteiger partial charge in [0, 0.05) is 11.6 Å². The molecule has 0 radical (unpaired) electrons. The summed E-state index contributed by atoms with van der Waals surface area (Å²) < 4.78 is 5.14. The molecule has 96 valence electrons. The summed E-state index contributed by atoms with van der Waals surface area (Å²) in [6.07, 6.45) is 0.839. The van der Waals surface area contributed by atoms with Crippen molar-refractivity contribution in [3.8, 4) is 5.75 Å². The maximum Gasteiger partial charge on any atom is 0.137 e. The van der Waals surface area contributed by atoms with Crippen LogP contribution in [0.5, 0.6) is 5.75 Å². The summed E-state index contributed by atoms with van der Waals surface area (Å²) in [4.78, 5) is 0. The Morgan fingerprint density at radius 2 is 2.12 bits per heavy atom. The van der Waals surface area contributed by atoms with Gasteiger partial charge in [0.2, 0.25) is 0 Å². The molecule has 0 bridgehead atoms. The molecule has 1 unspecified atom stereocenters. The molecule has 0 aliphatic heterocycles. The number of ether oxygens (including phenoxy) is 1. The monoisotopic (exact) mass is 256 g/mol. The third-order valence-corrected chi connectivity index (χ3v) is 2.95. The Morgan fingerprint density at radius 3 is 2.53 bits per heavy atom. The zero-order valence-corrected chi connectivity index (χ0v) is 11.6. The van der Waals surface area contributed by atoms with Crippen LogP contribution < -0.4 is 15.8 Å². The fraction of sp³-hybridized carbons (Fsp3) is 0.538. The molecular weight excluding hydrogens is 236 g/mol. The highest BCUT2D eigenvalue weighted by Crippen LogP contribution is 2.30. The van der Waals surface area contributed by atoms with Gasteiger partial charge < -0.3 is 15.8 Å². The fourth-order valence-corrected chi connectivity index (χ4v) is 2.08. The molecule has 0 spiro atoms. The van der Waals surface area contributed by atoms with Crippen LogP contribution in [0.3, 0.4) is 0 Å². The molecule has 3 N–H and O–H groups in total. The van der Waals surface area contributed by atoms with Gasteiger partial charge >= 0.3 is 0 Å². The lowest BCUT2D eigenvalue weighted by atomic mass is 9.92. The third kappa shape index (κ3) is 4.19. The van der Waals surface area contributed by atoms with E-state index in [1.165, 1.54) is 0 Å². The highest BCUT2D eigenvalue weighted by molar-refractivity contribution is 6.32. The molecule has 1 atom stereocenters. The highest BCUT2D eigenvalue weighted by Gasteiger charge is 2.19. The maximum absolute atomic E-state index is 6.12. The second-order valence-corrected chi connectivity index (χ2v) is 5.34. The number of benzene rings is 1.